The van der Waals surface area contributed by atoms with Gasteiger partial charge in [0.25, 0.3) is 0 Å². The highest BCUT2D eigenvalue weighted by atomic mass is 16.5. The molecule has 21 heavy (non-hydrogen) atoms. The number of carbonyl (C=O) groups is 2. The Morgan fingerprint density at radius 3 is 2.86 bits per heavy atom. The summed E-state index contributed by atoms with van der Waals surface area (Å²) in [4.78, 5) is 24.6. The van der Waals surface area contributed by atoms with Crippen molar-refractivity contribution in [2.45, 2.75) is 20.3 Å². The van der Waals surface area contributed by atoms with Crippen LogP contribution in [-0.4, -0.2) is 41.6 Å². The van der Waals surface area contributed by atoms with E-state index < -0.39 is 5.97 Å². The van der Waals surface area contributed by atoms with Crippen molar-refractivity contribution < 1.29 is 19.4 Å². The molecular weight excluding hydrogens is 270 g/mol. The SMILES string of the molecule is CC(C)C1CC(=O)N(CCOc2cccc(C(=O)O)c2)C1. The Morgan fingerprint density at radius 1 is 1.48 bits per heavy atom. The summed E-state index contributed by atoms with van der Waals surface area (Å²) in [5, 5.41) is 8.91. The number of benzene rings is 1. The predicted molar refractivity (Wildman–Crippen MR) is 78.4 cm³/mol. The molecule has 1 saturated heterocycles. The van der Waals surface area contributed by atoms with Gasteiger partial charge in [0.1, 0.15) is 12.4 Å². The second-order valence-corrected chi connectivity index (χ2v) is 5.73. The van der Waals surface area contributed by atoms with Crippen LogP contribution in [0.1, 0.15) is 30.6 Å². The summed E-state index contributed by atoms with van der Waals surface area (Å²) in [7, 11) is 0. The van der Waals surface area contributed by atoms with Gasteiger partial charge in [-0.1, -0.05) is 19.9 Å². The van der Waals surface area contributed by atoms with E-state index in [1.54, 1.807) is 12.1 Å². The molecule has 1 N–H and O–H groups in total. The van der Waals surface area contributed by atoms with Crippen molar-refractivity contribution >= 4 is 11.9 Å². The van der Waals surface area contributed by atoms with Crippen LogP contribution in [0.4, 0.5) is 0 Å². The van der Waals surface area contributed by atoms with Gasteiger partial charge in [-0.15, -0.1) is 0 Å². The van der Waals surface area contributed by atoms with Gasteiger partial charge in [0.05, 0.1) is 12.1 Å². The van der Waals surface area contributed by atoms with Crippen LogP contribution < -0.4 is 4.74 Å². The molecule has 0 saturated carbocycles. The van der Waals surface area contributed by atoms with E-state index in [0.29, 0.717) is 37.2 Å². The van der Waals surface area contributed by atoms with Crippen molar-refractivity contribution in [3.63, 3.8) is 0 Å². The highest BCUT2D eigenvalue weighted by molar-refractivity contribution is 5.88. The quantitative estimate of drug-likeness (QED) is 0.873. The summed E-state index contributed by atoms with van der Waals surface area (Å²) in [6.07, 6.45) is 0.617. The van der Waals surface area contributed by atoms with Gasteiger partial charge in [-0.3, -0.25) is 4.79 Å². The molecule has 114 valence electrons. The molecule has 1 atom stereocenters. The number of nitrogens with zero attached hydrogens (tertiary/aromatic N) is 1. The topological polar surface area (TPSA) is 66.8 Å². The van der Waals surface area contributed by atoms with Gasteiger partial charge in [-0.05, 0) is 30.0 Å². The van der Waals surface area contributed by atoms with Crippen LogP contribution in [-0.2, 0) is 4.79 Å². The lowest BCUT2D eigenvalue weighted by atomic mass is 9.95. The van der Waals surface area contributed by atoms with Crippen molar-refractivity contribution in [1.82, 2.24) is 4.90 Å². The third-order valence-corrected chi connectivity index (χ3v) is 3.90. The largest absolute Gasteiger partial charge is 0.492 e. The summed E-state index contributed by atoms with van der Waals surface area (Å²) < 4.78 is 5.55. The maximum Gasteiger partial charge on any atom is 0.335 e. The lowest BCUT2D eigenvalue weighted by Crippen LogP contribution is -2.30. The second-order valence-electron chi connectivity index (χ2n) is 5.73. The van der Waals surface area contributed by atoms with E-state index in [1.165, 1.54) is 12.1 Å². The average molecular weight is 291 g/mol. The fraction of sp³-hybridized carbons (Fsp3) is 0.500. The van der Waals surface area contributed by atoms with Crippen LogP contribution >= 0.6 is 0 Å². The van der Waals surface area contributed by atoms with E-state index >= 15 is 0 Å². The van der Waals surface area contributed by atoms with Crippen LogP contribution in [0, 0.1) is 11.8 Å². The number of likely N-dealkylation sites (tertiary alicyclic amines) is 1. The minimum absolute atomic E-state index is 0.177. The van der Waals surface area contributed by atoms with Crippen LogP contribution in [0.2, 0.25) is 0 Å². The highest BCUT2D eigenvalue weighted by Gasteiger charge is 2.30. The van der Waals surface area contributed by atoms with E-state index in [9.17, 15) is 9.59 Å². The third kappa shape index (κ3) is 3.97. The lowest BCUT2D eigenvalue weighted by molar-refractivity contribution is -0.128. The van der Waals surface area contributed by atoms with Gasteiger partial charge < -0.3 is 14.7 Å². The number of ether oxygens (including phenoxy) is 1. The number of carboxylic acid groups (broad SMARTS) is 1. The zero-order chi connectivity index (χ0) is 15.4. The van der Waals surface area contributed by atoms with Gasteiger partial charge in [0.15, 0.2) is 0 Å². The fourth-order valence-electron chi connectivity index (χ4n) is 2.46. The van der Waals surface area contributed by atoms with Crippen molar-refractivity contribution in [1.29, 1.82) is 0 Å². The number of amides is 1. The summed E-state index contributed by atoms with van der Waals surface area (Å²) in [6, 6.07) is 6.38. The molecule has 0 radical (unpaired) electrons. The molecule has 1 aliphatic rings. The predicted octanol–water partition coefficient (Wildman–Crippen LogP) is 2.27. The number of carbonyl (C=O) groups excluding carboxylic acids is 1. The molecule has 0 spiro atoms. The average Bonchev–Trinajstić information content (AvgIpc) is 2.81. The summed E-state index contributed by atoms with van der Waals surface area (Å²) in [6.45, 7) is 5.97. The Balaban J connectivity index is 1.83. The van der Waals surface area contributed by atoms with Crippen LogP contribution in [0.25, 0.3) is 0 Å². The van der Waals surface area contributed by atoms with Crippen molar-refractivity contribution in [2.24, 2.45) is 11.8 Å². The Bertz CT molecular complexity index is 527. The maximum atomic E-state index is 11.9. The smallest absolute Gasteiger partial charge is 0.335 e. The molecule has 2 rings (SSSR count). The zero-order valence-electron chi connectivity index (χ0n) is 12.4. The summed E-state index contributed by atoms with van der Waals surface area (Å²) >= 11 is 0. The molecule has 0 aromatic heterocycles. The molecule has 1 unspecified atom stereocenters. The molecule has 1 aliphatic heterocycles. The van der Waals surface area contributed by atoms with Gasteiger partial charge in [0.2, 0.25) is 5.91 Å². The Labute approximate surface area is 124 Å². The number of aromatic carboxylic acids is 1. The van der Waals surface area contributed by atoms with Crippen molar-refractivity contribution in [2.75, 3.05) is 19.7 Å². The van der Waals surface area contributed by atoms with Crippen LogP contribution in [0.15, 0.2) is 24.3 Å². The minimum Gasteiger partial charge on any atom is -0.492 e. The lowest BCUT2D eigenvalue weighted by Gasteiger charge is -2.18. The molecule has 5 heteroatoms. The Morgan fingerprint density at radius 2 is 2.24 bits per heavy atom. The van der Waals surface area contributed by atoms with E-state index in [-0.39, 0.29) is 11.5 Å². The van der Waals surface area contributed by atoms with Gasteiger partial charge in [-0.25, -0.2) is 4.79 Å². The van der Waals surface area contributed by atoms with Crippen LogP contribution in [0.5, 0.6) is 5.75 Å². The number of carboxylic acids is 1. The van der Waals surface area contributed by atoms with E-state index in [0.717, 1.165) is 6.54 Å². The molecule has 1 fully saturated rings. The maximum absolute atomic E-state index is 11.9. The highest BCUT2D eigenvalue weighted by Crippen LogP contribution is 2.24. The first-order valence-corrected chi connectivity index (χ1v) is 7.21. The molecule has 1 aromatic carbocycles. The first kappa shape index (κ1) is 15.4. The summed E-state index contributed by atoms with van der Waals surface area (Å²) in [5.74, 6) is 0.647. The monoisotopic (exact) mass is 291 g/mol. The normalized spacial score (nSPS) is 18.3. The first-order chi connectivity index (χ1) is 9.97. The van der Waals surface area contributed by atoms with Crippen LogP contribution in [0.3, 0.4) is 0 Å². The minimum atomic E-state index is -0.977. The zero-order valence-corrected chi connectivity index (χ0v) is 12.4. The van der Waals surface area contributed by atoms with E-state index in [4.69, 9.17) is 9.84 Å². The van der Waals surface area contributed by atoms with Gasteiger partial charge in [0, 0.05) is 13.0 Å². The standard InChI is InChI=1S/C16H21NO4/c1-11(2)13-9-15(18)17(10-13)6-7-21-14-5-3-4-12(8-14)16(19)20/h3-5,8,11,13H,6-7,9-10H2,1-2H3,(H,19,20). The Kier molecular flexibility index (Phi) is 4.83. The van der Waals surface area contributed by atoms with Gasteiger partial charge in [-0.2, -0.15) is 0 Å². The molecule has 1 aromatic rings. The molecule has 1 heterocycles. The Hall–Kier alpha value is -2.04. The second kappa shape index (κ2) is 6.61. The van der Waals surface area contributed by atoms with Gasteiger partial charge >= 0.3 is 5.97 Å². The summed E-state index contributed by atoms with van der Waals surface area (Å²) in [5.41, 5.74) is 0.199. The first-order valence-electron chi connectivity index (χ1n) is 7.21. The number of hydrogen-bond donors (Lipinski definition) is 1. The van der Waals surface area contributed by atoms with Crippen molar-refractivity contribution in [3.05, 3.63) is 29.8 Å². The fourth-order valence-corrected chi connectivity index (χ4v) is 2.46. The number of rotatable bonds is 6. The molecular formula is C16H21NO4. The molecule has 5 nitrogen and oxygen atoms in total. The van der Waals surface area contributed by atoms with E-state index in [2.05, 4.69) is 13.8 Å². The van der Waals surface area contributed by atoms with Crippen molar-refractivity contribution in [3.8, 4) is 5.75 Å². The molecule has 0 bridgehead atoms. The van der Waals surface area contributed by atoms with E-state index in [1.807, 2.05) is 4.90 Å². The third-order valence-electron chi connectivity index (χ3n) is 3.90. The molecule has 0 aliphatic carbocycles. The molecule has 1 amide bonds. The number of hydrogen-bond acceptors (Lipinski definition) is 3.